The number of nitrogens with zero attached hydrogens (tertiary/aromatic N) is 1. The molecule has 2 heteroatoms. The smallest absolute Gasteiger partial charge is 0.361 e. The Morgan fingerprint density at radius 2 is 1.03 bits per heavy atom. The lowest BCUT2D eigenvalue weighted by molar-refractivity contribution is -0.539. The Balaban J connectivity index is 1.83. The molecule has 0 aliphatic carbocycles. The van der Waals surface area contributed by atoms with Gasteiger partial charge in [-0.1, -0.05) is 132 Å². The Labute approximate surface area is 201 Å². The second-order valence-electron chi connectivity index (χ2n) is 9.16. The minimum absolute atomic E-state index is 1.25. The molecule has 5 aromatic rings. The highest BCUT2D eigenvalue weighted by Gasteiger charge is 2.51. The maximum absolute atomic E-state index is 2.53. The van der Waals surface area contributed by atoms with Crippen molar-refractivity contribution in [3.05, 3.63) is 162 Å². The van der Waals surface area contributed by atoms with Crippen molar-refractivity contribution >= 4 is 28.3 Å². The van der Waals surface area contributed by atoms with E-state index >= 15 is 0 Å². The molecule has 0 saturated carbocycles. The zero-order chi connectivity index (χ0) is 23.0. The van der Waals surface area contributed by atoms with Crippen molar-refractivity contribution in [1.82, 2.24) is 0 Å². The summed E-state index contributed by atoms with van der Waals surface area (Å²) in [6, 6.07) is 48.5. The predicted molar refractivity (Wildman–Crippen MR) is 143 cm³/mol. The topological polar surface area (TPSA) is 3.88 Å². The molecule has 0 fully saturated rings. The van der Waals surface area contributed by atoms with Gasteiger partial charge in [0.05, 0.1) is 0 Å². The summed E-state index contributed by atoms with van der Waals surface area (Å²) < 4.78 is 2.53. The summed E-state index contributed by atoms with van der Waals surface area (Å²) in [6.07, 6.45) is 0.801. The Bertz CT molecular complexity index is 1430. The van der Waals surface area contributed by atoms with Crippen LogP contribution >= 0.6 is 0 Å². The first-order valence-electron chi connectivity index (χ1n) is 11.9. The van der Waals surface area contributed by atoms with Crippen LogP contribution < -0.4 is 15.4 Å². The van der Waals surface area contributed by atoms with Gasteiger partial charge in [0.1, 0.15) is 6.20 Å². The predicted octanol–water partition coefficient (Wildman–Crippen LogP) is 5.40. The van der Waals surface area contributed by atoms with Gasteiger partial charge in [-0.05, 0) is 18.6 Å². The minimum Gasteiger partial charge on any atom is -0.408 e. The zero-order valence-electron chi connectivity index (χ0n) is 19.3. The number of aromatic nitrogens is 1. The molecule has 0 atom stereocenters. The quantitative estimate of drug-likeness (QED) is 0.333. The van der Waals surface area contributed by atoms with Gasteiger partial charge in [0.15, 0.2) is 5.69 Å². The van der Waals surface area contributed by atoms with Crippen LogP contribution in [0.3, 0.4) is 0 Å². The molecule has 1 aliphatic heterocycles. The Kier molecular flexibility index (Phi) is 5.00. The van der Waals surface area contributed by atoms with Crippen molar-refractivity contribution in [3.63, 3.8) is 0 Å². The molecule has 0 spiro atoms. The van der Waals surface area contributed by atoms with Crippen LogP contribution in [0.2, 0.25) is 0 Å². The van der Waals surface area contributed by atoms with Gasteiger partial charge < -0.3 is 4.48 Å². The van der Waals surface area contributed by atoms with Crippen molar-refractivity contribution < 1.29 is 4.48 Å². The van der Waals surface area contributed by atoms with E-state index in [-0.39, 0.29) is 0 Å². The normalized spacial score (nSPS) is 14.1. The molecule has 2 heterocycles. The standard InChI is InChI=1S/C32H26BN/c1-25-20-22-26(23-21-25)31-30-19-11-12-24-34(30)33(28-15-7-3-8-16-28,29-17-9-4-10-18-29)32(31)27-13-5-2-6-14-27/h2-24H,1H3. The van der Waals surface area contributed by atoms with Crippen molar-refractivity contribution in [2.45, 2.75) is 6.92 Å². The molecule has 1 aromatic heterocycles. The first kappa shape index (κ1) is 20.4. The number of benzene rings is 4. The highest BCUT2D eigenvalue weighted by atomic mass is 14.9. The monoisotopic (exact) mass is 435 g/mol. The fourth-order valence-electron chi connectivity index (χ4n) is 5.83. The molecule has 162 valence electrons. The highest BCUT2D eigenvalue weighted by molar-refractivity contribution is 7.11. The number of hydrogen-bond donors (Lipinski definition) is 0. The summed E-state index contributed by atoms with van der Waals surface area (Å²) in [7, 11) is 0. The lowest BCUT2D eigenvalue weighted by Crippen LogP contribution is -2.78. The van der Waals surface area contributed by atoms with Gasteiger partial charge in [0.2, 0.25) is 0 Å². The van der Waals surface area contributed by atoms with Crippen LogP contribution in [-0.2, 0) is 0 Å². The molecule has 0 bridgehead atoms. The summed E-state index contributed by atoms with van der Waals surface area (Å²) in [6.45, 7) is 2.15. The van der Waals surface area contributed by atoms with Gasteiger partial charge in [-0.2, -0.15) is 0 Å². The van der Waals surface area contributed by atoms with Crippen molar-refractivity contribution in [3.8, 4) is 0 Å². The minimum atomic E-state index is -1.46. The van der Waals surface area contributed by atoms with Crippen LogP contribution in [0.25, 0.3) is 11.0 Å². The third kappa shape index (κ3) is 3.07. The Morgan fingerprint density at radius 3 is 1.62 bits per heavy atom. The van der Waals surface area contributed by atoms with E-state index < -0.39 is 6.28 Å². The third-order valence-electron chi connectivity index (χ3n) is 7.24. The fourth-order valence-corrected chi connectivity index (χ4v) is 5.83. The van der Waals surface area contributed by atoms with E-state index in [0.717, 1.165) is 0 Å². The first-order chi connectivity index (χ1) is 16.8. The molecule has 6 rings (SSSR count). The number of pyridine rings is 1. The number of fused-ring (bicyclic) bond motifs is 1. The summed E-state index contributed by atoms with van der Waals surface area (Å²) in [5, 5.41) is 0. The molecular formula is C32H26BN. The second kappa shape index (κ2) is 8.31. The SMILES string of the molecule is Cc1ccc(C2=C(c3ccccc3)[B-](c3ccccc3)(c3ccccc3)[n+]3ccccc32)cc1. The van der Waals surface area contributed by atoms with Gasteiger partial charge in [0.25, 0.3) is 0 Å². The van der Waals surface area contributed by atoms with Crippen LogP contribution in [0.1, 0.15) is 22.4 Å². The molecule has 1 aliphatic rings. The molecule has 1 nitrogen and oxygen atoms in total. The summed E-state index contributed by atoms with van der Waals surface area (Å²) in [5.74, 6) is 0. The second-order valence-corrected chi connectivity index (χ2v) is 9.16. The average molecular weight is 435 g/mol. The fraction of sp³-hybridized carbons (Fsp3) is 0.0312. The van der Waals surface area contributed by atoms with Gasteiger partial charge in [0, 0.05) is 11.6 Å². The highest BCUT2D eigenvalue weighted by Crippen LogP contribution is 2.40. The molecule has 0 N–H and O–H groups in total. The van der Waals surface area contributed by atoms with Crippen LogP contribution in [-0.4, -0.2) is 6.28 Å². The van der Waals surface area contributed by atoms with Gasteiger partial charge in [-0.25, -0.2) is 0 Å². The molecule has 4 aromatic carbocycles. The van der Waals surface area contributed by atoms with E-state index in [4.69, 9.17) is 0 Å². The van der Waals surface area contributed by atoms with Crippen molar-refractivity contribution in [2.24, 2.45) is 0 Å². The van der Waals surface area contributed by atoms with E-state index in [0.29, 0.717) is 0 Å². The summed E-state index contributed by atoms with van der Waals surface area (Å²) in [5.41, 5.74) is 10.3. The molecule has 0 unspecified atom stereocenters. The van der Waals surface area contributed by atoms with Gasteiger partial charge in [-0.15, -0.1) is 16.4 Å². The van der Waals surface area contributed by atoms with Crippen LogP contribution in [0.4, 0.5) is 0 Å². The molecule has 0 saturated heterocycles. The molecule has 34 heavy (non-hydrogen) atoms. The number of aryl methyl sites for hydroxylation is 1. The maximum Gasteiger partial charge on any atom is 0.361 e. The van der Waals surface area contributed by atoms with E-state index in [2.05, 4.69) is 151 Å². The van der Waals surface area contributed by atoms with Gasteiger partial charge >= 0.3 is 6.28 Å². The zero-order valence-corrected chi connectivity index (χ0v) is 19.3. The van der Waals surface area contributed by atoms with Crippen LogP contribution in [0.15, 0.2) is 140 Å². The van der Waals surface area contributed by atoms with Gasteiger partial charge in [-0.3, -0.25) is 0 Å². The Morgan fingerprint density at radius 1 is 0.500 bits per heavy atom. The summed E-state index contributed by atoms with van der Waals surface area (Å²) >= 11 is 0. The van der Waals surface area contributed by atoms with Crippen LogP contribution in [0.5, 0.6) is 0 Å². The molecular weight excluding hydrogens is 409 g/mol. The Hall–Kier alpha value is -4.17. The maximum atomic E-state index is 2.53. The first-order valence-corrected chi connectivity index (χ1v) is 11.9. The number of hydrogen-bond acceptors (Lipinski definition) is 0. The lowest BCUT2D eigenvalue weighted by Gasteiger charge is -2.35. The molecule has 0 amide bonds. The lowest BCUT2D eigenvalue weighted by atomic mass is 9.23. The van der Waals surface area contributed by atoms with E-state index in [1.54, 1.807) is 0 Å². The largest absolute Gasteiger partial charge is 0.408 e. The third-order valence-corrected chi connectivity index (χ3v) is 7.24. The van der Waals surface area contributed by atoms with E-state index in [1.807, 2.05) is 0 Å². The average Bonchev–Trinajstić information content (AvgIpc) is 3.23. The van der Waals surface area contributed by atoms with E-state index in [1.165, 1.54) is 44.4 Å². The van der Waals surface area contributed by atoms with Crippen molar-refractivity contribution in [1.29, 1.82) is 0 Å². The van der Waals surface area contributed by atoms with Crippen LogP contribution in [0, 0.1) is 6.92 Å². The molecule has 0 radical (unpaired) electrons. The summed E-state index contributed by atoms with van der Waals surface area (Å²) in [4.78, 5) is 0. The number of rotatable bonds is 4. The van der Waals surface area contributed by atoms with Crippen molar-refractivity contribution in [2.75, 3.05) is 0 Å². The van der Waals surface area contributed by atoms with E-state index in [9.17, 15) is 0 Å².